The fourth-order valence-corrected chi connectivity index (χ4v) is 7.94. The first-order chi connectivity index (χ1) is 22.1. The topological polar surface area (TPSA) is 114 Å². The van der Waals surface area contributed by atoms with Crippen LogP contribution in [-0.4, -0.2) is 71.0 Å². The summed E-state index contributed by atoms with van der Waals surface area (Å²) >= 11 is 1.24. The molecule has 4 aromatic heterocycles. The molecule has 11 nitrogen and oxygen atoms in total. The van der Waals surface area contributed by atoms with Crippen molar-refractivity contribution in [1.29, 1.82) is 0 Å². The van der Waals surface area contributed by atoms with E-state index in [1.54, 1.807) is 35.7 Å². The molecule has 14 heteroatoms. The summed E-state index contributed by atoms with van der Waals surface area (Å²) in [6.07, 6.45) is 1.40. The largest absolute Gasteiger partial charge is 0.494 e. The van der Waals surface area contributed by atoms with E-state index in [1.165, 1.54) is 47.2 Å². The normalized spacial score (nSPS) is 14.6. The van der Waals surface area contributed by atoms with E-state index < -0.39 is 15.8 Å². The highest BCUT2D eigenvalue weighted by Crippen LogP contribution is 2.36. The molecule has 1 N–H and O–H groups in total. The van der Waals surface area contributed by atoms with Gasteiger partial charge in [0.2, 0.25) is 5.95 Å². The fraction of sp³-hybridized carbons (Fsp3) is 0.281. The van der Waals surface area contributed by atoms with Gasteiger partial charge in [0.1, 0.15) is 16.3 Å². The number of piperazine rings is 1. The van der Waals surface area contributed by atoms with Gasteiger partial charge in [0, 0.05) is 50.6 Å². The van der Waals surface area contributed by atoms with Gasteiger partial charge in [-0.25, -0.2) is 26.2 Å². The van der Waals surface area contributed by atoms with Crippen LogP contribution in [0.4, 0.5) is 21.7 Å². The molecule has 5 heterocycles. The number of thiophene rings is 1. The third-order valence-corrected chi connectivity index (χ3v) is 11.0. The molecule has 1 fully saturated rings. The molecular weight excluding hydrogens is 630 g/mol. The molecule has 1 saturated heterocycles. The molecule has 7 rings (SSSR count). The molecule has 0 bridgehead atoms. The lowest BCUT2D eigenvalue weighted by molar-refractivity contribution is 0.209. The van der Waals surface area contributed by atoms with Gasteiger partial charge in [-0.15, -0.1) is 11.3 Å². The van der Waals surface area contributed by atoms with Crippen LogP contribution >= 0.6 is 11.3 Å². The van der Waals surface area contributed by atoms with Crippen molar-refractivity contribution in [2.75, 3.05) is 43.5 Å². The van der Waals surface area contributed by atoms with Crippen LogP contribution in [0.25, 0.3) is 26.9 Å². The van der Waals surface area contributed by atoms with E-state index in [-0.39, 0.29) is 33.4 Å². The van der Waals surface area contributed by atoms with Gasteiger partial charge in [-0.1, -0.05) is 17.7 Å². The van der Waals surface area contributed by atoms with E-state index in [2.05, 4.69) is 29.0 Å². The van der Waals surface area contributed by atoms with E-state index in [4.69, 9.17) is 9.72 Å². The van der Waals surface area contributed by atoms with Crippen LogP contribution in [0.3, 0.4) is 0 Å². The third kappa shape index (κ3) is 4.96. The molecule has 0 amide bonds. The molecule has 0 aliphatic carbocycles. The van der Waals surface area contributed by atoms with Gasteiger partial charge >= 0.3 is 0 Å². The predicted molar refractivity (Wildman–Crippen MR) is 179 cm³/mol. The number of hydrogen-bond donors (Lipinski definition) is 1. The van der Waals surface area contributed by atoms with Crippen molar-refractivity contribution in [3.05, 3.63) is 81.8 Å². The van der Waals surface area contributed by atoms with E-state index in [1.807, 2.05) is 11.8 Å². The van der Waals surface area contributed by atoms with Gasteiger partial charge in [-0.05, 0) is 50.4 Å². The number of methoxy groups -OCH3 is 1. The SMILES string of the molecule is COc1cc(N2CCN(C(C)C)CC2)c(F)cc1Nc1nc2c(ccn2S(=O)(=O)c2ccc(C)cc2)c2nc3ccsc3c(=O)n12. The number of nitrogens with one attached hydrogen (secondary N) is 1. The third-order valence-electron chi connectivity index (χ3n) is 8.45. The van der Waals surface area contributed by atoms with Crippen LogP contribution < -0.4 is 20.5 Å². The number of anilines is 3. The highest BCUT2D eigenvalue weighted by Gasteiger charge is 2.26. The Bertz CT molecular complexity index is 2290. The quantitative estimate of drug-likeness (QED) is 0.246. The maximum atomic E-state index is 15.8. The van der Waals surface area contributed by atoms with Gasteiger partial charge in [-0.3, -0.25) is 9.69 Å². The van der Waals surface area contributed by atoms with Crippen molar-refractivity contribution in [2.45, 2.75) is 31.7 Å². The summed E-state index contributed by atoms with van der Waals surface area (Å²) in [5.41, 5.74) is 1.91. The van der Waals surface area contributed by atoms with Gasteiger partial charge in [0.25, 0.3) is 15.6 Å². The molecule has 1 aliphatic heterocycles. The summed E-state index contributed by atoms with van der Waals surface area (Å²) in [5, 5.41) is 5.21. The summed E-state index contributed by atoms with van der Waals surface area (Å²) in [6, 6.07) is 13.2. The van der Waals surface area contributed by atoms with Gasteiger partial charge in [0.15, 0.2) is 11.3 Å². The molecule has 0 spiro atoms. The molecule has 2 aromatic carbocycles. The Labute approximate surface area is 268 Å². The van der Waals surface area contributed by atoms with Crippen molar-refractivity contribution < 1.29 is 17.5 Å². The first-order valence-electron chi connectivity index (χ1n) is 14.8. The maximum absolute atomic E-state index is 15.8. The summed E-state index contributed by atoms with van der Waals surface area (Å²) in [6.45, 7) is 9.12. The van der Waals surface area contributed by atoms with Crippen molar-refractivity contribution >= 4 is 65.6 Å². The van der Waals surface area contributed by atoms with Crippen LogP contribution in [0.2, 0.25) is 0 Å². The van der Waals surface area contributed by atoms with Crippen molar-refractivity contribution in [3.63, 3.8) is 0 Å². The van der Waals surface area contributed by atoms with Crippen molar-refractivity contribution in [2.24, 2.45) is 0 Å². The van der Waals surface area contributed by atoms with Gasteiger partial charge < -0.3 is 15.0 Å². The molecule has 1 aliphatic rings. The Hall–Kier alpha value is -4.53. The number of aromatic nitrogens is 4. The molecule has 0 unspecified atom stereocenters. The number of hydrogen-bond acceptors (Lipinski definition) is 10. The summed E-state index contributed by atoms with van der Waals surface area (Å²) in [5.74, 6) is -0.174. The highest BCUT2D eigenvalue weighted by atomic mass is 32.2. The van der Waals surface area contributed by atoms with Crippen LogP contribution in [0.5, 0.6) is 5.75 Å². The lowest BCUT2D eigenvalue weighted by Crippen LogP contribution is -2.49. The zero-order valence-electron chi connectivity index (χ0n) is 25.7. The van der Waals surface area contributed by atoms with E-state index in [9.17, 15) is 13.2 Å². The van der Waals surface area contributed by atoms with E-state index in [0.717, 1.165) is 22.6 Å². The Balaban J connectivity index is 1.38. The minimum absolute atomic E-state index is 0.0367. The Morgan fingerprint density at radius 1 is 1.00 bits per heavy atom. The lowest BCUT2D eigenvalue weighted by atomic mass is 10.2. The minimum atomic E-state index is -4.07. The van der Waals surface area contributed by atoms with Crippen molar-refractivity contribution in [1.82, 2.24) is 23.2 Å². The first-order valence-corrected chi connectivity index (χ1v) is 17.2. The average molecular weight is 662 g/mol. The summed E-state index contributed by atoms with van der Waals surface area (Å²) in [4.78, 5) is 27.7. The molecule has 0 saturated carbocycles. The molecule has 0 radical (unpaired) electrons. The highest BCUT2D eigenvalue weighted by molar-refractivity contribution is 7.90. The van der Waals surface area contributed by atoms with Crippen LogP contribution in [0.1, 0.15) is 19.4 Å². The Morgan fingerprint density at radius 3 is 2.43 bits per heavy atom. The maximum Gasteiger partial charge on any atom is 0.278 e. The second-order valence-corrected chi connectivity index (χ2v) is 14.3. The first kappa shape index (κ1) is 30.1. The molecule has 46 heavy (non-hydrogen) atoms. The second kappa shape index (κ2) is 11.4. The van der Waals surface area contributed by atoms with Crippen LogP contribution in [0, 0.1) is 12.7 Å². The lowest BCUT2D eigenvalue weighted by Gasteiger charge is -2.38. The van der Waals surface area contributed by atoms with Gasteiger partial charge in [-0.2, -0.15) is 4.98 Å². The number of halogens is 1. The second-order valence-electron chi connectivity index (χ2n) is 11.6. The minimum Gasteiger partial charge on any atom is -0.494 e. The van der Waals surface area contributed by atoms with E-state index >= 15 is 4.39 Å². The number of fused-ring (bicyclic) bond motifs is 4. The molecule has 6 aromatic rings. The summed E-state index contributed by atoms with van der Waals surface area (Å²) in [7, 11) is -2.58. The monoisotopic (exact) mass is 661 g/mol. The van der Waals surface area contributed by atoms with Crippen molar-refractivity contribution in [3.8, 4) is 5.75 Å². The smallest absolute Gasteiger partial charge is 0.278 e. The number of ether oxygens (including phenoxy) is 1. The van der Waals surface area contributed by atoms with Crippen LogP contribution in [0.15, 0.2) is 69.8 Å². The zero-order valence-corrected chi connectivity index (χ0v) is 27.3. The molecule has 0 atom stereocenters. The predicted octanol–water partition coefficient (Wildman–Crippen LogP) is 5.23. The summed E-state index contributed by atoms with van der Waals surface area (Å²) < 4.78 is 51.8. The number of rotatable bonds is 7. The fourth-order valence-electron chi connectivity index (χ4n) is 5.88. The number of benzene rings is 2. The van der Waals surface area contributed by atoms with Crippen LogP contribution in [-0.2, 0) is 10.0 Å². The molecule has 238 valence electrons. The molecular formula is C32H32FN7O4S2. The number of nitrogens with zero attached hydrogens (tertiary/aromatic N) is 6. The average Bonchev–Trinajstić information content (AvgIpc) is 3.70. The zero-order chi connectivity index (χ0) is 32.3. The standard InChI is InChI=1S/C32H32FN7O4S2/c1-19(2)37-12-14-38(15-13-37)26-18-27(44-4)25(17-23(26)33)35-32-36-29-22(30-34-24-10-16-45-28(24)31(41)40(30)32)9-11-39(29)46(42,43)21-7-5-20(3)6-8-21/h5-11,16-19H,12-15H2,1-4H3,(H,35,36). The van der Waals surface area contributed by atoms with E-state index in [0.29, 0.717) is 46.2 Å². The number of aryl methyl sites for hydroxylation is 1. The van der Waals surface area contributed by atoms with Gasteiger partial charge in [0.05, 0.1) is 34.3 Å². The Morgan fingerprint density at radius 2 is 1.74 bits per heavy atom. The Kier molecular flexibility index (Phi) is 7.45.